The molecule has 1 aliphatic carbocycles. The topological polar surface area (TPSA) is 0 Å². The Bertz CT molecular complexity index is 377. The Labute approximate surface area is 108 Å². The second kappa shape index (κ2) is 6.61. The van der Waals surface area contributed by atoms with E-state index >= 15 is 0 Å². The molecule has 0 fully saturated rings. The number of hydrogen-bond donors (Lipinski definition) is 0. The molecule has 1 atom stereocenters. The summed E-state index contributed by atoms with van der Waals surface area (Å²) >= 11 is -0.149. The molecule has 1 aliphatic rings. The maximum atomic E-state index is 2.51. The molecule has 0 saturated heterocycles. The number of fused-ring (bicyclic) bond motifs is 1. The van der Waals surface area contributed by atoms with Gasteiger partial charge in [-0.15, -0.1) is 0 Å². The van der Waals surface area contributed by atoms with Crippen molar-refractivity contribution in [3.63, 3.8) is 0 Å². The van der Waals surface area contributed by atoms with E-state index in [4.69, 9.17) is 0 Å². The summed E-state index contributed by atoms with van der Waals surface area (Å²) < 4.78 is 0.904. The standard InChI is InChI=1S/C10H9.C2H7Si.2FH.Zr/c1-8-6-9-4-2-3-5-10(9)7-8;1-3-2;;;/h2-7H,1H3;3H,1-2H3;2*1H;/q;;;;+2/p-2. The molecule has 2 rings (SSSR count). The fraction of sp³-hybridized carbons (Fsp3) is 0.333. The van der Waals surface area contributed by atoms with Crippen molar-refractivity contribution < 1.29 is 31.8 Å². The SMILES string of the molecule is CC1=Cc2ccccc2[CH]1[Zr+2][SiH](C)C.[F-].[F-]. The van der Waals surface area contributed by atoms with Gasteiger partial charge in [-0.1, -0.05) is 0 Å². The van der Waals surface area contributed by atoms with Crippen LogP contribution in [0.25, 0.3) is 6.08 Å². The van der Waals surface area contributed by atoms with Crippen LogP contribution in [0.5, 0.6) is 0 Å². The predicted octanol–water partition coefficient (Wildman–Crippen LogP) is -2.78. The van der Waals surface area contributed by atoms with E-state index in [9.17, 15) is 0 Å². The molecule has 0 radical (unpaired) electrons. The molecule has 0 nitrogen and oxygen atoms in total. The third-order valence-electron chi connectivity index (χ3n) is 2.65. The van der Waals surface area contributed by atoms with Crippen LogP contribution in [0.1, 0.15) is 21.7 Å². The van der Waals surface area contributed by atoms with Crippen LogP contribution in [-0.2, 0) is 22.4 Å². The summed E-state index contributed by atoms with van der Waals surface area (Å²) in [6, 6.07) is 8.95. The van der Waals surface area contributed by atoms with Crippen molar-refractivity contribution >= 4 is 12.0 Å². The van der Waals surface area contributed by atoms with Gasteiger partial charge in [0.1, 0.15) is 0 Å². The summed E-state index contributed by atoms with van der Waals surface area (Å²) in [4.78, 5) is 0. The molecular weight excluding hydrogens is 301 g/mol. The fourth-order valence-corrected chi connectivity index (χ4v) is 12.2. The smallest absolute Gasteiger partial charge is 1.00 e. The van der Waals surface area contributed by atoms with E-state index in [1.807, 2.05) is 0 Å². The molecule has 0 aliphatic heterocycles. The first-order valence-corrected chi connectivity index (χ1v) is 13.8. The summed E-state index contributed by atoms with van der Waals surface area (Å²) in [5.74, 6) is -0.292. The minimum atomic E-state index is -0.292. The zero-order valence-electron chi connectivity index (χ0n) is 9.80. The van der Waals surface area contributed by atoms with Crippen LogP contribution in [0.4, 0.5) is 0 Å². The Morgan fingerprint density at radius 2 is 1.75 bits per heavy atom. The van der Waals surface area contributed by atoms with E-state index in [2.05, 4.69) is 50.4 Å². The van der Waals surface area contributed by atoms with Crippen LogP contribution in [0, 0.1) is 0 Å². The van der Waals surface area contributed by atoms with Gasteiger partial charge in [-0.3, -0.25) is 0 Å². The predicted molar refractivity (Wildman–Crippen MR) is 61.7 cm³/mol. The summed E-state index contributed by atoms with van der Waals surface area (Å²) in [6.45, 7) is 7.35. The number of allylic oxidation sites excluding steroid dienone is 1. The first-order chi connectivity index (χ1) is 6.68. The zero-order chi connectivity index (χ0) is 10.1. The van der Waals surface area contributed by atoms with Gasteiger partial charge in [-0.2, -0.15) is 0 Å². The second-order valence-corrected chi connectivity index (χ2v) is 19.3. The van der Waals surface area contributed by atoms with Gasteiger partial charge in [0, 0.05) is 0 Å². The second-order valence-electron chi connectivity index (χ2n) is 4.27. The Morgan fingerprint density at radius 3 is 2.38 bits per heavy atom. The van der Waals surface area contributed by atoms with Crippen LogP contribution in [0.2, 0.25) is 13.1 Å². The van der Waals surface area contributed by atoms with E-state index in [0.29, 0.717) is 0 Å². The summed E-state index contributed by atoms with van der Waals surface area (Å²) in [5, 5.41) is 0. The van der Waals surface area contributed by atoms with Crippen molar-refractivity contribution in [1.29, 1.82) is 0 Å². The van der Waals surface area contributed by atoms with Crippen molar-refractivity contribution in [3.8, 4) is 0 Å². The maximum absolute atomic E-state index is 2.51. The van der Waals surface area contributed by atoms with Gasteiger partial charge in [0.05, 0.1) is 0 Å². The Morgan fingerprint density at radius 1 is 1.12 bits per heavy atom. The average Bonchev–Trinajstić information content (AvgIpc) is 2.43. The minimum Gasteiger partial charge on any atom is -1.00 e. The summed E-state index contributed by atoms with van der Waals surface area (Å²) in [5.41, 5.74) is 4.77. The average molecular weight is 318 g/mol. The van der Waals surface area contributed by atoms with Crippen molar-refractivity contribution in [2.24, 2.45) is 0 Å². The molecule has 16 heavy (non-hydrogen) atoms. The van der Waals surface area contributed by atoms with E-state index in [1.165, 1.54) is 5.56 Å². The van der Waals surface area contributed by atoms with Crippen molar-refractivity contribution in [1.82, 2.24) is 0 Å². The van der Waals surface area contributed by atoms with Crippen LogP contribution in [0.15, 0.2) is 29.8 Å². The molecule has 1 unspecified atom stereocenters. The van der Waals surface area contributed by atoms with E-state index in [1.54, 1.807) is 11.1 Å². The number of benzene rings is 1. The maximum Gasteiger partial charge on any atom is -1.00 e. The first kappa shape index (κ1) is 15.9. The molecule has 0 saturated carbocycles. The normalized spacial score (nSPS) is 16.8. The first-order valence-electron chi connectivity index (χ1n) is 5.21. The summed E-state index contributed by atoms with van der Waals surface area (Å²) in [6.07, 6.45) is 2.40. The van der Waals surface area contributed by atoms with Gasteiger partial charge in [-0.25, -0.2) is 0 Å². The fourth-order valence-electron chi connectivity index (χ4n) is 2.03. The molecule has 0 aromatic heterocycles. The molecule has 86 valence electrons. The van der Waals surface area contributed by atoms with Crippen LogP contribution >= 0.6 is 0 Å². The monoisotopic (exact) mass is 316 g/mol. The minimum absolute atomic E-state index is 0. The van der Waals surface area contributed by atoms with Crippen molar-refractivity contribution in [2.75, 3.05) is 0 Å². The molecule has 0 bridgehead atoms. The van der Waals surface area contributed by atoms with Crippen LogP contribution in [0.3, 0.4) is 0 Å². The van der Waals surface area contributed by atoms with E-state index < -0.39 is 0 Å². The number of hydrogen-bond acceptors (Lipinski definition) is 0. The largest absolute Gasteiger partial charge is 1.00 e. The molecule has 1 aromatic carbocycles. The van der Waals surface area contributed by atoms with Gasteiger partial charge in [-0.05, 0) is 0 Å². The molecular formula is C12H16F2SiZr. The molecule has 0 spiro atoms. The quantitative estimate of drug-likeness (QED) is 0.518. The number of halogens is 2. The Balaban J connectivity index is 0.00000112. The molecule has 1 aromatic rings. The van der Waals surface area contributed by atoms with E-state index in [0.717, 1.165) is 3.63 Å². The molecule has 0 N–H and O–H groups in total. The van der Waals surface area contributed by atoms with Crippen molar-refractivity contribution in [3.05, 3.63) is 41.0 Å². The van der Waals surface area contributed by atoms with E-state index in [-0.39, 0.29) is 37.7 Å². The van der Waals surface area contributed by atoms with Gasteiger partial charge in [0.15, 0.2) is 0 Å². The van der Waals surface area contributed by atoms with Crippen LogP contribution in [-0.4, -0.2) is 5.92 Å². The third kappa shape index (κ3) is 3.21. The van der Waals surface area contributed by atoms with Gasteiger partial charge < -0.3 is 9.41 Å². The Kier molecular flexibility index (Phi) is 6.57. The van der Waals surface area contributed by atoms with Gasteiger partial charge in [0.25, 0.3) is 0 Å². The molecule has 0 amide bonds. The van der Waals surface area contributed by atoms with Gasteiger partial charge in [0.2, 0.25) is 0 Å². The molecule has 0 heterocycles. The number of rotatable bonds is 2. The summed E-state index contributed by atoms with van der Waals surface area (Å²) in [7, 11) is 0. The zero-order valence-corrected chi connectivity index (χ0v) is 13.4. The molecule has 4 heteroatoms. The third-order valence-corrected chi connectivity index (χ3v) is 12.9. The Hall–Kier alpha value is -0.0800. The van der Waals surface area contributed by atoms with Gasteiger partial charge >= 0.3 is 99.0 Å². The van der Waals surface area contributed by atoms with Crippen LogP contribution < -0.4 is 9.41 Å². The van der Waals surface area contributed by atoms with Crippen molar-refractivity contribution in [2.45, 2.75) is 23.6 Å².